The quantitative estimate of drug-likeness (QED) is 0.0571. The minimum absolute atomic E-state index is 1.26. The number of benzene rings is 1. The predicted octanol–water partition coefficient (Wildman–Crippen LogP) is 28.4. The van der Waals surface area contributed by atoms with Gasteiger partial charge in [-0.3, -0.25) is 0 Å². The van der Waals surface area contributed by atoms with Crippen LogP contribution in [0.25, 0.3) is 0 Å². The van der Waals surface area contributed by atoms with Gasteiger partial charge in [0.25, 0.3) is 0 Å². The van der Waals surface area contributed by atoms with E-state index in [1.165, 1.54) is 442 Å². The van der Waals surface area contributed by atoms with Gasteiger partial charge in [-0.05, 0) is 18.4 Å². The zero-order valence-electron chi connectivity index (χ0n) is 52.5. The summed E-state index contributed by atoms with van der Waals surface area (Å²) < 4.78 is 0. The average molecular weight is 1050 g/mol. The minimum Gasteiger partial charge on any atom is -0.0654 e. The summed E-state index contributed by atoms with van der Waals surface area (Å²) in [6, 6.07) is 11.0. The summed E-state index contributed by atoms with van der Waals surface area (Å²) in [5, 5.41) is 0. The van der Waals surface area contributed by atoms with E-state index in [1.807, 2.05) is 0 Å². The predicted molar refractivity (Wildman–Crippen MR) is 345 cm³/mol. The maximum absolute atomic E-state index is 2.32. The SMILES string of the molecule is CCCCCCCCCCCCCCCCCCCCCCCCCCCCCCCCCCCCCCCCCCCCCCCCCCCCCCCCCCCCCCCCCCCCCc1ccccc1. The van der Waals surface area contributed by atoms with Gasteiger partial charge in [0.2, 0.25) is 0 Å². The number of hydrogen-bond acceptors (Lipinski definition) is 0. The molecule has 0 nitrogen and oxygen atoms in total. The second kappa shape index (κ2) is 67.5. The average Bonchev–Trinajstić information content (AvgIpc) is 3.43. The van der Waals surface area contributed by atoms with E-state index < -0.39 is 0 Å². The maximum atomic E-state index is 2.32. The second-order valence-corrected chi connectivity index (χ2v) is 25.6. The van der Waals surface area contributed by atoms with Gasteiger partial charge in [-0.1, -0.05) is 461 Å². The summed E-state index contributed by atoms with van der Waals surface area (Å²) in [4.78, 5) is 0. The summed E-state index contributed by atoms with van der Waals surface area (Å²) in [6.07, 6.45) is 101. The van der Waals surface area contributed by atoms with Crippen LogP contribution < -0.4 is 0 Å². The van der Waals surface area contributed by atoms with Crippen LogP contribution in [-0.4, -0.2) is 0 Å². The molecular formula is C75H144. The van der Waals surface area contributed by atoms with Gasteiger partial charge < -0.3 is 0 Å². The Morgan fingerprint density at radius 2 is 0.267 bits per heavy atom. The van der Waals surface area contributed by atoms with Crippen LogP contribution in [0.2, 0.25) is 0 Å². The third kappa shape index (κ3) is 63.9. The van der Waals surface area contributed by atoms with Crippen molar-refractivity contribution in [2.45, 2.75) is 444 Å². The molecule has 1 rings (SSSR count). The van der Waals surface area contributed by atoms with Crippen LogP contribution in [-0.2, 0) is 6.42 Å². The Kier molecular flexibility index (Phi) is 65.0. The first-order chi connectivity index (χ1) is 37.4. The van der Waals surface area contributed by atoms with Crippen molar-refractivity contribution in [1.82, 2.24) is 0 Å². The molecule has 0 heterocycles. The van der Waals surface area contributed by atoms with Gasteiger partial charge in [0.05, 0.1) is 0 Å². The lowest BCUT2D eigenvalue weighted by Crippen LogP contribution is -1.86. The van der Waals surface area contributed by atoms with Crippen LogP contribution in [0.5, 0.6) is 0 Å². The number of unbranched alkanes of at least 4 members (excludes halogenated alkanes) is 66. The van der Waals surface area contributed by atoms with Crippen LogP contribution in [0.4, 0.5) is 0 Å². The Balaban J connectivity index is 1.58. The highest BCUT2D eigenvalue weighted by Gasteiger charge is 2.01. The first-order valence-corrected chi connectivity index (χ1v) is 36.5. The van der Waals surface area contributed by atoms with Crippen molar-refractivity contribution in [3.63, 3.8) is 0 Å². The lowest BCUT2D eigenvalue weighted by atomic mass is 10.0. The molecule has 0 N–H and O–H groups in total. The standard InChI is InChI=1S/C75H144/c1-2-3-4-5-6-7-8-9-10-11-12-13-14-15-16-17-18-19-20-21-22-23-24-25-26-27-28-29-30-31-32-33-34-35-36-37-38-39-40-41-42-43-44-45-46-47-48-49-50-51-52-53-54-55-56-57-58-59-60-61-62-63-64-65-66-67-69-72-75-73-70-68-71-74-75/h68,70-71,73-74H,2-67,69,72H2,1H3. The van der Waals surface area contributed by atoms with E-state index in [0.29, 0.717) is 0 Å². The van der Waals surface area contributed by atoms with Gasteiger partial charge in [-0.2, -0.15) is 0 Å². The highest BCUT2D eigenvalue weighted by atomic mass is 14.1. The van der Waals surface area contributed by atoms with Crippen molar-refractivity contribution >= 4 is 0 Å². The molecule has 0 bridgehead atoms. The highest BCUT2D eigenvalue weighted by molar-refractivity contribution is 5.14. The van der Waals surface area contributed by atoms with Crippen molar-refractivity contribution in [2.75, 3.05) is 0 Å². The molecule has 0 amide bonds. The number of aryl methyl sites for hydroxylation is 1. The van der Waals surface area contributed by atoms with Crippen molar-refractivity contribution in [3.8, 4) is 0 Å². The van der Waals surface area contributed by atoms with Crippen LogP contribution in [0.3, 0.4) is 0 Å². The third-order valence-corrected chi connectivity index (χ3v) is 17.9. The molecule has 75 heavy (non-hydrogen) atoms. The molecule has 0 aliphatic rings. The molecule has 0 saturated carbocycles. The Hall–Kier alpha value is -0.780. The van der Waals surface area contributed by atoms with Crippen LogP contribution in [0, 0.1) is 0 Å². The van der Waals surface area contributed by atoms with Crippen molar-refractivity contribution in [1.29, 1.82) is 0 Å². The topological polar surface area (TPSA) is 0 Å². The van der Waals surface area contributed by atoms with E-state index >= 15 is 0 Å². The van der Waals surface area contributed by atoms with Crippen LogP contribution >= 0.6 is 0 Å². The molecule has 0 spiro atoms. The van der Waals surface area contributed by atoms with E-state index in [9.17, 15) is 0 Å². The molecule has 1 aromatic rings. The van der Waals surface area contributed by atoms with Crippen molar-refractivity contribution in [3.05, 3.63) is 35.9 Å². The molecule has 1 aromatic carbocycles. The first-order valence-electron chi connectivity index (χ1n) is 36.5. The van der Waals surface area contributed by atoms with Gasteiger partial charge >= 0.3 is 0 Å². The fraction of sp³-hybridized carbons (Fsp3) is 0.920. The zero-order chi connectivity index (χ0) is 53.2. The maximum Gasteiger partial charge on any atom is -0.0279 e. The lowest BCUT2D eigenvalue weighted by Gasteiger charge is -2.05. The fourth-order valence-electron chi connectivity index (χ4n) is 12.5. The first kappa shape index (κ1) is 72.2. The smallest absolute Gasteiger partial charge is 0.0279 e. The van der Waals surface area contributed by atoms with E-state index in [2.05, 4.69) is 37.3 Å². The molecular weight excluding hydrogens is 901 g/mol. The summed E-state index contributed by atoms with van der Waals surface area (Å²) in [7, 11) is 0. The molecule has 0 aliphatic carbocycles. The third-order valence-electron chi connectivity index (χ3n) is 17.9. The second-order valence-electron chi connectivity index (χ2n) is 25.6. The zero-order valence-corrected chi connectivity index (χ0v) is 52.5. The van der Waals surface area contributed by atoms with Crippen LogP contribution in [0.15, 0.2) is 30.3 Å². The Morgan fingerprint density at radius 1 is 0.147 bits per heavy atom. The normalized spacial score (nSPS) is 11.7. The molecule has 444 valence electrons. The fourth-order valence-corrected chi connectivity index (χ4v) is 12.5. The van der Waals surface area contributed by atoms with Gasteiger partial charge in [0, 0.05) is 0 Å². The monoisotopic (exact) mass is 1050 g/mol. The molecule has 0 heteroatoms. The lowest BCUT2D eigenvalue weighted by molar-refractivity contribution is 0.506. The molecule has 0 aliphatic heterocycles. The summed E-state index contributed by atoms with van der Waals surface area (Å²) in [6.45, 7) is 2.32. The van der Waals surface area contributed by atoms with Crippen molar-refractivity contribution in [2.24, 2.45) is 0 Å². The Labute approximate surface area is 477 Å². The largest absolute Gasteiger partial charge is 0.0654 e. The molecule has 0 aromatic heterocycles. The van der Waals surface area contributed by atoms with Gasteiger partial charge in [-0.15, -0.1) is 0 Å². The number of rotatable bonds is 68. The van der Waals surface area contributed by atoms with Crippen molar-refractivity contribution < 1.29 is 0 Å². The van der Waals surface area contributed by atoms with Crippen LogP contribution in [0.1, 0.15) is 443 Å². The Morgan fingerprint density at radius 3 is 0.400 bits per heavy atom. The molecule has 0 atom stereocenters. The van der Waals surface area contributed by atoms with E-state index in [1.54, 1.807) is 0 Å². The molecule has 0 fully saturated rings. The summed E-state index contributed by atoms with van der Waals surface area (Å²) in [5.41, 5.74) is 1.51. The van der Waals surface area contributed by atoms with Gasteiger partial charge in [0.1, 0.15) is 0 Å². The minimum atomic E-state index is 1.26. The van der Waals surface area contributed by atoms with Gasteiger partial charge in [0.15, 0.2) is 0 Å². The van der Waals surface area contributed by atoms with E-state index in [0.717, 1.165) is 0 Å². The van der Waals surface area contributed by atoms with E-state index in [4.69, 9.17) is 0 Å². The molecule has 0 unspecified atom stereocenters. The van der Waals surface area contributed by atoms with E-state index in [-0.39, 0.29) is 0 Å². The van der Waals surface area contributed by atoms with Gasteiger partial charge in [-0.25, -0.2) is 0 Å². The molecule has 0 radical (unpaired) electrons. The summed E-state index contributed by atoms with van der Waals surface area (Å²) in [5.74, 6) is 0. The summed E-state index contributed by atoms with van der Waals surface area (Å²) >= 11 is 0. The highest BCUT2D eigenvalue weighted by Crippen LogP contribution is 2.21. The Bertz CT molecular complexity index is 1090. The molecule has 0 saturated heterocycles. The number of hydrogen-bond donors (Lipinski definition) is 0.